The molecule has 0 atom stereocenters. The van der Waals surface area contributed by atoms with E-state index in [0.717, 1.165) is 5.56 Å². The summed E-state index contributed by atoms with van der Waals surface area (Å²) < 4.78 is 0. The van der Waals surface area contributed by atoms with Crippen LogP contribution in [0.5, 0.6) is 0 Å². The highest BCUT2D eigenvalue weighted by molar-refractivity contribution is 6.05. The molecule has 2 heterocycles. The number of aliphatic hydroxyl groups is 1. The molecule has 5 nitrogen and oxygen atoms in total. The molecule has 0 spiro atoms. The van der Waals surface area contributed by atoms with Crippen molar-refractivity contribution in [1.29, 1.82) is 0 Å². The third kappa shape index (κ3) is 3.40. The number of hydrogen-bond acceptors (Lipinski definition) is 4. The summed E-state index contributed by atoms with van der Waals surface area (Å²) in [5, 5.41) is 11.4. The van der Waals surface area contributed by atoms with Crippen molar-refractivity contribution in [2.75, 3.05) is 11.9 Å². The number of nitrogens with one attached hydrogen (secondary N) is 1. The molecule has 0 aliphatic rings. The number of aliphatic hydroxyl groups excluding tert-OH is 1. The molecule has 0 aliphatic carbocycles. The fourth-order valence-corrected chi connectivity index (χ4v) is 1.62. The van der Waals surface area contributed by atoms with Crippen molar-refractivity contribution in [3.05, 3.63) is 53.5 Å². The van der Waals surface area contributed by atoms with Crippen LogP contribution in [0.25, 0.3) is 0 Å². The molecule has 0 aromatic carbocycles. The van der Waals surface area contributed by atoms with Gasteiger partial charge in [0.25, 0.3) is 5.91 Å². The molecule has 5 heteroatoms. The first-order valence-electron chi connectivity index (χ1n) is 5.98. The Morgan fingerprint density at radius 3 is 3.00 bits per heavy atom. The van der Waals surface area contributed by atoms with Gasteiger partial charge in [-0.05, 0) is 30.7 Å². The van der Waals surface area contributed by atoms with Gasteiger partial charge in [-0.3, -0.25) is 9.78 Å². The number of carbonyl (C=O) groups excluding carboxylic acids is 1. The Morgan fingerprint density at radius 1 is 1.40 bits per heavy atom. The zero-order valence-corrected chi connectivity index (χ0v) is 10.9. The molecule has 0 unspecified atom stereocenters. The number of hydrogen-bond donors (Lipinski definition) is 2. The normalized spacial score (nSPS) is 9.50. The molecule has 0 radical (unpaired) electrons. The maximum Gasteiger partial charge on any atom is 0.258 e. The second kappa shape index (κ2) is 6.45. The minimum atomic E-state index is -0.312. The summed E-state index contributed by atoms with van der Waals surface area (Å²) in [5.41, 5.74) is 1.86. The maximum atomic E-state index is 12.2. The minimum Gasteiger partial charge on any atom is -0.384 e. The van der Waals surface area contributed by atoms with Gasteiger partial charge in [-0.2, -0.15) is 0 Å². The van der Waals surface area contributed by atoms with E-state index >= 15 is 0 Å². The predicted molar refractivity (Wildman–Crippen MR) is 75.1 cm³/mol. The number of amides is 1. The molecular formula is C15H13N3O2. The lowest BCUT2D eigenvalue weighted by atomic mass is 10.1. The van der Waals surface area contributed by atoms with Crippen molar-refractivity contribution in [2.45, 2.75) is 6.92 Å². The predicted octanol–water partition coefficient (Wildman–Crippen LogP) is 1.38. The zero-order valence-electron chi connectivity index (χ0n) is 10.9. The van der Waals surface area contributed by atoms with Gasteiger partial charge in [-0.25, -0.2) is 4.98 Å². The van der Waals surface area contributed by atoms with Gasteiger partial charge in [0.2, 0.25) is 0 Å². The molecule has 2 aromatic rings. The standard InChI is InChI=1S/C15H13N3O2/c1-11-4-7-17-14(9-11)18-15(20)13-5-6-16-10-12(13)3-2-8-19/h4-7,9-10,19H,8H2,1H3,(H,17,18,20). The average Bonchev–Trinajstić information content (AvgIpc) is 2.45. The lowest BCUT2D eigenvalue weighted by Gasteiger charge is -2.06. The van der Waals surface area contributed by atoms with Crippen LogP contribution in [-0.4, -0.2) is 27.6 Å². The Balaban J connectivity index is 2.25. The average molecular weight is 267 g/mol. The molecule has 0 saturated heterocycles. The summed E-state index contributed by atoms with van der Waals surface area (Å²) >= 11 is 0. The molecule has 0 bridgehead atoms. The molecular weight excluding hydrogens is 254 g/mol. The van der Waals surface area contributed by atoms with E-state index in [0.29, 0.717) is 16.9 Å². The van der Waals surface area contributed by atoms with Gasteiger partial charge in [0.15, 0.2) is 0 Å². The van der Waals surface area contributed by atoms with E-state index in [4.69, 9.17) is 5.11 Å². The van der Waals surface area contributed by atoms with Gasteiger partial charge in [0, 0.05) is 18.6 Å². The summed E-state index contributed by atoms with van der Waals surface area (Å²) in [5.74, 6) is 5.37. The van der Waals surface area contributed by atoms with Crippen molar-refractivity contribution in [3.63, 3.8) is 0 Å². The summed E-state index contributed by atoms with van der Waals surface area (Å²) in [6, 6.07) is 5.20. The third-order valence-corrected chi connectivity index (χ3v) is 2.52. The van der Waals surface area contributed by atoms with Crippen LogP contribution in [0.3, 0.4) is 0 Å². The van der Waals surface area contributed by atoms with Gasteiger partial charge in [-0.1, -0.05) is 11.8 Å². The smallest absolute Gasteiger partial charge is 0.258 e. The van der Waals surface area contributed by atoms with Crippen molar-refractivity contribution in [2.24, 2.45) is 0 Å². The van der Waals surface area contributed by atoms with Crippen LogP contribution in [0.4, 0.5) is 5.82 Å². The maximum absolute atomic E-state index is 12.2. The number of carbonyl (C=O) groups is 1. The number of nitrogens with zero attached hydrogens (tertiary/aromatic N) is 2. The van der Waals surface area contributed by atoms with Crippen molar-refractivity contribution in [3.8, 4) is 11.8 Å². The molecule has 20 heavy (non-hydrogen) atoms. The van der Waals surface area contributed by atoms with E-state index in [1.165, 1.54) is 12.4 Å². The molecule has 2 rings (SSSR count). The topological polar surface area (TPSA) is 75.1 Å². The van der Waals surface area contributed by atoms with Crippen LogP contribution in [0, 0.1) is 18.8 Å². The fraction of sp³-hybridized carbons (Fsp3) is 0.133. The van der Waals surface area contributed by atoms with Gasteiger partial charge >= 0.3 is 0 Å². The highest BCUT2D eigenvalue weighted by Gasteiger charge is 2.10. The Morgan fingerprint density at radius 2 is 2.25 bits per heavy atom. The van der Waals surface area contributed by atoms with Gasteiger partial charge in [0.1, 0.15) is 12.4 Å². The van der Waals surface area contributed by atoms with Crippen LogP contribution in [0.15, 0.2) is 36.8 Å². The van der Waals surface area contributed by atoms with E-state index in [9.17, 15) is 4.79 Å². The summed E-state index contributed by atoms with van der Waals surface area (Å²) in [6.07, 6.45) is 4.63. The van der Waals surface area contributed by atoms with Gasteiger partial charge < -0.3 is 10.4 Å². The van der Waals surface area contributed by atoms with Crippen molar-refractivity contribution in [1.82, 2.24) is 9.97 Å². The number of pyridine rings is 2. The first-order valence-corrected chi connectivity index (χ1v) is 5.98. The van der Waals surface area contributed by atoms with Crippen LogP contribution in [0.1, 0.15) is 21.5 Å². The van der Waals surface area contributed by atoms with Crippen molar-refractivity contribution < 1.29 is 9.90 Å². The Hall–Kier alpha value is -2.71. The van der Waals surface area contributed by atoms with Crippen molar-refractivity contribution >= 4 is 11.7 Å². The number of anilines is 1. The number of aryl methyl sites for hydroxylation is 1. The monoisotopic (exact) mass is 267 g/mol. The Bertz CT molecular complexity index is 687. The summed E-state index contributed by atoms with van der Waals surface area (Å²) in [7, 11) is 0. The largest absolute Gasteiger partial charge is 0.384 e. The first kappa shape index (κ1) is 13.7. The van der Waals surface area contributed by atoms with Gasteiger partial charge in [-0.15, -0.1) is 0 Å². The second-order valence-electron chi connectivity index (χ2n) is 4.05. The van der Waals surface area contributed by atoms with E-state index in [2.05, 4.69) is 27.1 Å². The van der Waals surface area contributed by atoms with E-state index in [-0.39, 0.29) is 12.5 Å². The highest BCUT2D eigenvalue weighted by atomic mass is 16.2. The van der Waals surface area contributed by atoms with Crippen LogP contribution in [0.2, 0.25) is 0 Å². The highest BCUT2D eigenvalue weighted by Crippen LogP contribution is 2.10. The summed E-state index contributed by atoms with van der Waals surface area (Å²) in [6.45, 7) is 1.65. The van der Waals surface area contributed by atoms with E-state index < -0.39 is 0 Å². The quantitative estimate of drug-likeness (QED) is 0.806. The lowest BCUT2D eigenvalue weighted by molar-refractivity contribution is 0.102. The summed E-state index contributed by atoms with van der Waals surface area (Å²) in [4.78, 5) is 20.2. The van der Waals surface area contributed by atoms with E-state index in [1.54, 1.807) is 18.3 Å². The van der Waals surface area contributed by atoms with Crippen LogP contribution in [-0.2, 0) is 0 Å². The fourth-order valence-electron chi connectivity index (χ4n) is 1.62. The van der Waals surface area contributed by atoms with Gasteiger partial charge in [0.05, 0.1) is 11.1 Å². The molecule has 0 fully saturated rings. The third-order valence-electron chi connectivity index (χ3n) is 2.52. The molecule has 0 saturated carbocycles. The molecule has 2 aromatic heterocycles. The molecule has 0 aliphatic heterocycles. The first-order chi connectivity index (χ1) is 9.70. The minimum absolute atomic E-state index is 0.268. The SMILES string of the molecule is Cc1ccnc(NC(=O)c2ccncc2C#CCO)c1. The second-order valence-corrected chi connectivity index (χ2v) is 4.05. The van der Waals surface area contributed by atoms with E-state index in [1.807, 2.05) is 13.0 Å². The molecule has 1 amide bonds. The number of rotatable bonds is 2. The number of aromatic nitrogens is 2. The molecule has 100 valence electrons. The van der Waals surface area contributed by atoms with Crippen LogP contribution < -0.4 is 5.32 Å². The lowest BCUT2D eigenvalue weighted by Crippen LogP contribution is -2.14. The van der Waals surface area contributed by atoms with Crippen LogP contribution >= 0.6 is 0 Å². The Labute approximate surface area is 116 Å². The molecule has 2 N–H and O–H groups in total. The Kier molecular flexibility index (Phi) is 4.43. The zero-order chi connectivity index (χ0) is 14.4.